The van der Waals surface area contributed by atoms with Crippen molar-refractivity contribution in [3.63, 3.8) is 0 Å². The number of rotatable bonds is 7. The van der Waals surface area contributed by atoms with Crippen LogP contribution in [-0.2, 0) is 0 Å². The van der Waals surface area contributed by atoms with Crippen molar-refractivity contribution in [3.05, 3.63) is 120 Å². The Labute approximate surface area is 214 Å². The van der Waals surface area contributed by atoms with Crippen LogP contribution in [0.25, 0.3) is 28.1 Å². The van der Waals surface area contributed by atoms with E-state index in [0.29, 0.717) is 17.2 Å². The highest BCUT2D eigenvalue weighted by Gasteiger charge is 2.45. The van der Waals surface area contributed by atoms with Crippen molar-refractivity contribution < 1.29 is 11.4 Å². The number of para-hydroxylation sites is 2. The smallest absolute Gasteiger partial charge is 0.577 e. The average molecular weight is 487 g/mol. The molecule has 0 spiro atoms. The fraction of sp³-hybridized carbons (Fsp3) is 0.0667. The molecule has 5 aromatic rings. The van der Waals surface area contributed by atoms with Gasteiger partial charge < -0.3 is 11.4 Å². The van der Waals surface area contributed by atoms with Gasteiger partial charge in [0.2, 0.25) is 0 Å². The summed E-state index contributed by atoms with van der Waals surface area (Å²) in [6, 6.07) is 34.0. The van der Waals surface area contributed by atoms with E-state index in [1.807, 2.05) is 84.9 Å². The normalized spacial score (nSPS) is 12.1. The van der Waals surface area contributed by atoms with Gasteiger partial charge in [0.25, 0.3) is 0 Å². The number of pyridine rings is 1. The summed E-state index contributed by atoms with van der Waals surface area (Å²) in [6.07, 6.45) is 4.88. The lowest BCUT2D eigenvalue weighted by molar-refractivity contribution is 0.306. The lowest BCUT2D eigenvalue weighted by Crippen LogP contribution is -2.40. The van der Waals surface area contributed by atoms with Crippen LogP contribution in [0, 0.1) is 0 Å². The topological polar surface area (TPSA) is 52.9 Å². The Bertz CT molecular complexity index is 1620. The van der Waals surface area contributed by atoms with Crippen LogP contribution in [0.5, 0.6) is 17.2 Å². The van der Waals surface area contributed by atoms with Gasteiger partial charge >= 0.3 is 15.1 Å². The van der Waals surface area contributed by atoms with Crippen molar-refractivity contribution in [2.24, 2.45) is 4.99 Å². The molecule has 0 fully saturated rings. The highest BCUT2D eigenvalue weighted by Crippen LogP contribution is 2.26. The Morgan fingerprint density at radius 2 is 1.39 bits per heavy atom. The molecule has 0 N–H and O–H groups in total. The predicted molar refractivity (Wildman–Crippen MR) is 142 cm³/mol. The minimum atomic E-state index is -2.77. The minimum Gasteiger partial charge on any atom is -0.577 e. The first-order chi connectivity index (χ1) is 17.8. The summed E-state index contributed by atoms with van der Waals surface area (Å²) in [5.74, 6) is 2.00. The first-order valence-electron chi connectivity index (χ1n) is 12.0. The molecular formula is C30H23AlN2O3. The Kier molecular flexibility index (Phi) is 6.37. The van der Waals surface area contributed by atoms with E-state index in [9.17, 15) is 0 Å². The Hall–Kier alpha value is -4.11. The summed E-state index contributed by atoms with van der Waals surface area (Å²) in [6.45, 7) is 0.746. The van der Waals surface area contributed by atoms with Crippen LogP contribution in [0.3, 0.4) is 0 Å². The third-order valence-corrected chi connectivity index (χ3v) is 7.39. The molecule has 0 unspecified atom stereocenters. The van der Waals surface area contributed by atoms with E-state index in [1.165, 1.54) is 0 Å². The van der Waals surface area contributed by atoms with Crippen LogP contribution in [0.4, 0.5) is 0 Å². The van der Waals surface area contributed by atoms with Crippen LogP contribution in [0.15, 0.2) is 114 Å². The van der Waals surface area contributed by atoms with E-state index >= 15 is 0 Å². The number of aromatic nitrogens is 1. The second kappa shape index (κ2) is 10.3. The predicted octanol–water partition coefficient (Wildman–Crippen LogP) is 5.23. The highest BCUT2D eigenvalue weighted by molar-refractivity contribution is 6.39. The number of fused-ring (bicyclic) bond motifs is 2. The third-order valence-electron chi connectivity index (χ3n) is 6.03. The summed E-state index contributed by atoms with van der Waals surface area (Å²) in [4.78, 5) is 9.22. The van der Waals surface area contributed by atoms with E-state index in [1.54, 1.807) is 6.20 Å². The molecule has 0 saturated heterocycles. The van der Waals surface area contributed by atoms with E-state index in [0.717, 1.165) is 45.6 Å². The molecule has 0 aliphatic carbocycles. The van der Waals surface area contributed by atoms with Gasteiger partial charge in [0.15, 0.2) is 0 Å². The second-order valence-corrected chi connectivity index (χ2v) is 9.72. The summed E-state index contributed by atoms with van der Waals surface area (Å²) >= 11 is -2.77. The number of benzene rings is 4. The largest absolute Gasteiger partial charge is 1.20 e. The molecule has 0 saturated carbocycles. The molecule has 0 radical (unpaired) electrons. The molecule has 0 bridgehead atoms. The molecule has 2 heterocycles. The second-order valence-electron chi connectivity index (χ2n) is 8.43. The lowest BCUT2D eigenvalue weighted by atomic mass is 10.1. The highest BCUT2D eigenvalue weighted by atomic mass is 27.3. The maximum atomic E-state index is 6.44. The van der Waals surface area contributed by atoms with E-state index in [2.05, 4.69) is 29.3 Å². The van der Waals surface area contributed by atoms with Gasteiger partial charge in [0.05, 0.1) is 5.75 Å². The summed E-state index contributed by atoms with van der Waals surface area (Å²) in [7, 11) is 0. The third kappa shape index (κ3) is 4.83. The fourth-order valence-electron chi connectivity index (χ4n) is 4.28. The van der Waals surface area contributed by atoms with Crippen LogP contribution < -0.4 is 21.9 Å². The van der Waals surface area contributed by atoms with E-state index in [-0.39, 0.29) is 0 Å². The molecule has 1 aromatic heterocycles. The van der Waals surface area contributed by atoms with Gasteiger partial charge in [-0.05, 0) is 53.1 Å². The van der Waals surface area contributed by atoms with Crippen molar-refractivity contribution >= 4 is 32.1 Å². The summed E-state index contributed by atoms with van der Waals surface area (Å²) in [5.41, 5.74) is 3.05. The first kappa shape index (κ1) is 22.4. The standard InChI is InChI=1S/C12H10O.C9H9NO.C9H7NO.Al/c13-12-8-6-11(7-9-12)10-4-2-1-3-5-10;2*11-8-5-1-3-7-4-2-6-10-9(7)8;/h1-9,13H;1,3-5,11H,2,6H2;1-6,11H;/q;;;+3/p-3. The first-order valence-corrected chi connectivity index (χ1v) is 13.4. The molecular weight excluding hydrogens is 463 g/mol. The number of hydrogen-bond donors (Lipinski definition) is 0. The Morgan fingerprint density at radius 1 is 0.639 bits per heavy atom. The average Bonchev–Trinajstić information content (AvgIpc) is 2.94. The maximum absolute atomic E-state index is 6.44. The van der Waals surface area contributed by atoms with Gasteiger partial charge in [-0.25, -0.2) is 0 Å². The monoisotopic (exact) mass is 486 g/mol. The number of nitrogens with zero attached hydrogens (tertiary/aromatic N) is 2. The summed E-state index contributed by atoms with van der Waals surface area (Å²) < 4.78 is 19.2. The van der Waals surface area contributed by atoms with Gasteiger partial charge in [-0.15, -0.1) is 0 Å². The zero-order chi connectivity index (χ0) is 24.2. The van der Waals surface area contributed by atoms with Crippen LogP contribution in [0.1, 0.15) is 6.42 Å². The van der Waals surface area contributed by atoms with E-state index in [4.69, 9.17) is 16.4 Å². The van der Waals surface area contributed by atoms with Gasteiger partial charge in [-0.1, -0.05) is 78.9 Å². The molecule has 6 heteroatoms. The molecule has 1 aliphatic heterocycles. The van der Waals surface area contributed by atoms with Crippen molar-refractivity contribution in [1.29, 1.82) is 0 Å². The summed E-state index contributed by atoms with van der Waals surface area (Å²) in [5, 5.41) is 2.92. The minimum absolute atomic E-state index is 0.638. The molecule has 0 atom stereocenters. The Morgan fingerprint density at radius 3 is 2.28 bits per heavy atom. The Balaban J connectivity index is 1.33. The van der Waals surface area contributed by atoms with Crippen molar-refractivity contribution in [3.8, 4) is 28.4 Å². The lowest BCUT2D eigenvalue weighted by Gasteiger charge is -2.18. The molecule has 1 aliphatic rings. The van der Waals surface area contributed by atoms with Crippen molar-refractivity contribution in [2.45, 2.75) is 6.42 Å². The van der Waals surface area contributed by atoms with Crippen LogP contribution in [0.2, 0.25) is 0 Å². The van der Waals surface area contributed by atoms with Gasteiger partial charge in [0.1, 0.15) is 22.4 Å². The zero-order valence-corrected chi connectivity index (χ0v) is 20.7. The fourth-order valence-corrected chi connectivity index (χ4v) is 5.60. The van der Waals surface area contributed by atoms with Gasteiger partial charge in [0, 0.05) is 18.1 Å². The van der Waals surface area contributed by atoms with Gasteiger partial charge in [-0.2, -0.15) is 0 Å². The maximum Gasteiger partial charge on any atom is 1.20 e. The molecule has 36 heavy (non-hydrogen) atoms. The zero-order valence-electron chi connectivity index (χ0n) is 19.6. The van der Waals surface area contributed by atoms with Crippen molar-refractivity contribution in [2.75, 3.05) is 6.54 Å². The number of hydrogen-bond acceptors (Lipinski definition) is 5. The molecule has 174 valence electrons. The molecule has 0 amide bonds. The molecule has 4 aromatic carbocycles. The quantitative estimate of drug-likeness (QED) is 0.296. The SMILES string of the molecule is C1=c2cccc([O][Al]([O]c3ccc(-c4ccccc4)cc3)[O]c3cccc4cccnc34)c2=NCC1. The molecule has 5 nitrogen and oxygen atoms in total. The molecule has 6 rings (SSSR count). The van der Waals surface area contributed by atoms with Crippen LogP contribution >= 0.6 is 0 Å². The van der Waals surface area contributed by atoms with Gasteiger partial charge in [-0.3, -0.25) is 9.98 Å². The van der Waals surface area contributed by atoms with Crippen molar-refractivity contribution in [1.82, 2.24) is 4.98 Å². The van der Waals surface area contributed by atoms with E-state index < -0.39 is 15.1 Å². The van der Waals surface area contributed by atoms with Crippen LogP contribution in [-0.4, -0.2) is 26.7 Å².